The van der Waals surface area contributed by atoms with Crippen LogP contribution in [0.4, 0.5) is 0 Å². The van der Waals surface area contributed by atoms with E-state index >= 15 is 0 Å². The van der Waals surface area contributed by atoms with Gasteiger partial charge in [0.2, 0.25) is 0 Å². The maximum atomic E-state index is 6.42. The van der Waals surface area contributed by atoms with Crippen LogP contribution in [0.2, 0.25) is 5.02 Å². The fourth-order valence-corrected chi connectivity index (χ4v) is 3.08. The van der Waals surface area contributed by atoms with E-state index in [-0.39, 0.29) is 6.10 Å². The number of halogens is 1. The van der Waals surface area contributed by atoms with E-state index in [9.17, 15) is 0 Å². The van der Waals surface area contributed by atoms with E-state index in [0.29, 0.717) is 11.1 Å². The molecule has 5 heteroatoms. The van der Waals surface area contributed by atoms with Crippen molar-refractivity contribution in [3.8, 4) is 5.75 Å². The van der Waals surface area contributed by atoms with E-state index in [1.54, 1.807) is 0 Å². The van der Waals surface area contributed by atoms with Gasteiger partial charge in [0.05, 0.1) is 11.1 Å². The first-order chi connectivity index (χ1) is 10.5. The second-order valence-corrected chi connectivity index (χ2v) is 6.83. The summed E-state index contributed by atoms with van der Waals surface area (Å²) >= 11 is 6.42. The molecule has 0 spiro atoms. The standard InChI is InChI=1S/C17H28ClN3O/c1-13(2)22-17-6-5-14(11-15(17)18)16(12-20(3)4)21-9-7-19-8-10-21/h5-6,11,13,16,19H,7-10,12H2,1-4H3. The van der Waals surface area contributed by atoms with Crippen LogP contribution >= 0.6 is 11.6 Å². The molecule has 2 rings (SSSR count). The molecule has 1 aromatic carbocycles. The maximum absolute atomic E-state index is 6.42. The first-order valence-corrected chi connectivity index (χ1v) is 8.40. The molecule has 22 heavy (non-hydrogen) atoms. The average Bonchev–Trinajstić information content (AvgIpc) is 2.47. The third-order valence-corrected chi connectivity index (χ3v) is 4.13. The number of benzene rings is 1. The van der Waals surface area contributed by atoms with Crippen LogP contribution in [0.15, 0.2) is 18.2 Å². The molecule has 1 heterocycles. The van der Waals surface area contributed by atoms with Crippen LogP contribution in [-0.2, 0) is 0 Å². The Morgan fingerprint density at radius 3 is 2.50 bits per heavy atom. The predicted molar refractivity (Wildman–Crippen MR) is 93.0 cm³/mol. The minimum Gasteiger partial charge on any atom is -0.489 e. The molecule has 1 unspecified atom stereocenters. The number of ether oxygens (including phenoxy) is 1. The number of nitrogens with zero attached hydrogens (tertiary/aromatic N) is 2. The van der Waals surface area contributed by atoms with Crippen molar-refractivity contribution in [2.75, 3.05) is 46.8 Å². The van der Waals surface area contributed by atoms with E-state index in [1.807, 2.05) is 19.9 Å². The summed E-state index contributed by atoms with van der Waals surface area (Å²) in [6.45, 7) is 9.25. The van der Waals surface area contributed by atoms with Crippen LogP contribution in [0.1, 0.15) is 25.5 Å². The molecular formula is C17H28ClN3O. The van der Waals surface area contributed by atoms with Crippen molar-refractivity contribution in [3.05, 3.63) is 28.8 Å². The molecular weight excluding hydrogens is 298 g/mol. The van der Waals surface area contributed by atoms with Gasteiger partial charge in [-0.3, -0.25) is 4.90 Å². The molecule has 0 aliphatic carbocycles. The Labute approximate surface area is 139 Å². The highest BCUT2D eigenvalue weighted by molar-refractivity contribution is 6.32. The quantitative estimate of drug-likeness (QED) is 0.870. The van der Waals surface area contributed by atoms with Crippen LogP contribution in [0.25, 0.3) is 0 Å². The van der Waals surface area contributed by atoms with Crippen molar-refractivity contribution < 1.29 is 4.74 Å². The molecule has 1 saturated heterocycles. The SMILES string of the molecule is CC(C)Oc1ccc(C(CN(C)C)N2CCNCC2)cc1Cl. The summed E-state index contributed by atoms with van der Waals surface area (Å²) in [6, 6.07) is 6.58. The van der Waals surface area contributed by atoms with E-state index in [0.717, 1.165) is 38.5 Å². The van der Waals surface area contributed by atoms with Gasteiger partial charge in [-0.2, -0.15) is 0 Å². The number of hydrogen-bond donors (Lipinski definition) is 1. The Bertz CT molecular complexity index is 473. The summed E-state index contributed by atoms with van der Waals surface area (Å²) < 4.78 is 5.74. The van der Waals surface area contributed by atoms with Gasteiger partial charge in [0.1, 0.15) is 5.75 Å². The molecule has 0 radical (unpaired) electrons. The van der Waals surface area contributed by atoms with Crippen LogP contribution in [0, 0.1) is 0 Å². The van der Waals surface area contributed by atoms with Crippen molar-refractivity contribution in [2.24, 2.45) is 0 Å². The first kappa shape index (κ1) is 17.5. The minimum atomic E-state index is 0.133. The Hall–Kier alpha value is -0.810. The summed E-state index contributed by atoms with van der Waals surface area (Å²) in [6.07, 6.45) is 0.133. The summed E-state index contributed by atoms with van der Waals surface area (Å²) in [4.78, 5) is 4.77. The molecule has 1 N–H and O–H groups in total. The van der Waals surface area contributed by atoms with Gasteiger partial charge in [-0.1, -0.05) is 17.7 Å². The lowest BCUT2D eigenvalue weighted by Gasteiger charge is -2.36. The number of nitrogens with one attached hydrogen (secondary N) is 1. The third-order valence-electron chi connectivity index (χ3n) is 3.83. The predicted octanol–water partition coefficient (Wildman–Crippen LogP) is 2.64. The second kappa shape index (κ2) is 8.16. The van der Waals surface area contributed by atoms with Crippen LogP contribution in [0.3, 0.4) is 0 Å². The zero-order valence-corrected chi connectivity index (χ0v) is 14.9. The largest absolute Gasteiger partial charge is 0.489 e. The van der Waals surface area contributed by atoms with Gasteiger partial charge in [-0.15, -0.1) is 0 Å². The minimum absolute atomic E-state index is 0.133. The monoisotopic (exact) mass is 325 g/mol. The van der Waals surface area contributed by atoms with E-state index in [2.05, 4.69) is 41.3 Å². The molecule has 124 valence electrons. The Balaban J connectivity index is 2.20. The van der Waals surface area contributed by atoms with Crippen LogP contribution < -0.4 is 10.1 Å². The molecule has 1 aliphatic rings. The zero-order chi connectivity index (χ0) is 16.1. The molecule has 1 fully saturated rings. The molecule has 1 aliphatic heterocycles. The van der Waals surface area contributed by atoms with Gasteiger partial charge in [0.25, 0.3) is 0 Å². The van der Waals surface area contributed by atoms with Crippen LogP contribution in [0.5, 0.6) is 5.75 Å². The summed E-state index contributed by atoms with van der Waals surface area (Å²) in [5.74, 6) is 0.768. The van der Waals surface area contributed by atoms with E-state index in [4.69, 9.17) is 16.3 Å². The third kappa shape index (κ3) is 4.85. The summed E-state index contributed by atoms with van der Waals surface area (Å²) in [5.41, 5.74) is 1.26. The number of piperazine rings is 1. The maximum Gasteiger partial charge on any atom is 0.138 e. The Morgan fingerprint density at radius 2 is 1.95 bits per heavy atom. The molecule has 1 aromatic rings. The molecule has 4 nitrogen and oxygen atoms in total. The topological polar surface area (TPSA) is 27.7 Å². The van der Waals surface area contributed by atoms with Crippen molar-refractivity contribution in [3.63, 3.8) is 0 Å². The normalized spacial score (nSPS) is 18.0. The molecule has 0 aromatic heterocycles. The molecule has 1 atom stereocenters. The highest BCUT2D eigenvalue weighted by atomic mass is 35.5. The lowest BCUT2D eigenvalue weighted by atomic mass is 10.0. The van der Waals surface area contributed by atoms with Gasteiger partial charge < -0.3 is 15.0 Å². The highest BCUT2D eigenvalue weighted by Crippen LogP contribution is 2.31. The smallest absolute Gasteiger partial charge is 0.138 e. The summed E-state index contributed by atoms with van der Waals surface area (Å²) in [7, 11) is 4.24. The Kier molecular flexibility index (Phi) is 6.50. The molecule has 0 amide bonds. The van der Waals surface area contributed by atoms with Crippen molar-refractivity contribution in [1.29, 1.82) is 0 Å². The number of hydrogen-bond acceptors (Lipinski definition) is 4. The van der Waals surface area contributed by atoms with Gasteiger partial charge >= 0.3 is 0 Å². The molecule has 0 saturated carbocycles. The van der Waals surface area contributed by atoms with Crippen molar-refractivity contribution in [2.45, 2.75) is 26.0 Å². The van der Waals surface area contributed by atoms with Gasteiger partial charge in [-0.25, -0.2) is 0 Å². The number of rotatable bonds is 6. The average molecular weight is 326 g/mol. The fourth-order valence-electron chi connectivity index (χ4n) is 2.85. The van der Waals surface area contributed by atoms with Crippen molar-refractivity contribution >= 4 is 11.6 Å². The van der Waals surface area contributed by atoms with Gasteiger partial charge in [0, 0.05) is 38.8 Å². The second-order valence-electron chi connectivity index (χ2n) is 6.42. The zero-order valence-electron chi connectivity index (χ0n) is 14.1. The van der Waals surface area contributed by atoms with Gasteiger partial charge in [-0.05, 0) is 45.6 Å². The number of likely N-dealkylation sites (N-methyl/N-ethyl adjacent to an activating group) is 1. The lowest BCUT2D eigenvalue weighted by molar-refractivity contribution is 0.144. The van der Waals surface area contributed by atoms with Gasteiger partial charge in [0.15, 0.2) is 0 Å². The highest BCUT2D eigenvalue weighted by Gasteiger charge is 2.23. The van der Waals surface area contributed by atoms with E-state index < -0.39 is 0 Å². The summed E-state index contributed by atoms with van der Waals surface area (Å²) in [5, 5.41) is 4.11. The van der Waals surface area contributed by atoms with Crippen molar-refractivity contribution in [1.82, 2.24) is 15.1 Å². The van der Waals surface area contributed by atoms with E-state index in [1.165, 1.54) is 5.56 Å². The van der Waals surface area contributed by atoms with Crippen LogP contribution in [-0.4, -0.2) is 62.7 Å². The first-order valence-electron chi connectivity index (χ1n) is 8.03. The lowest BCUT2D eigenvalue weighted by Crippen LogP contribution is -2.47. The Morgan fingerprint density at radius 1 is 1.27 bits per heavy atom. The molecule has 0 bridgehead atoms. The fraction of sp³-hybridized carbons (Fsp3) is 0.647.